The van der Waals surface area contributed by atoms with Gasteiger partial charge in [-0.05, 0) is 36.6 Å². The van der Waals surface area contributed by atoms with Gasteiger partial charge in [-0.3, -0.25) is 19.7 Å². The van der Waals surface area contributed by atoms with Crippen molar-refractivity contribution < 1.29 is 14.4 Å². The fourth-order valence-corrected chi connectivity index (χ4v) is 5.02. The molecule has 2 saturated heterocycles. The van der Waals surface area contributed by atoms with E-state index in [9.17, 15) is 14.4 Å². The number of hydrogen-bond acceptors (Lipinski definition) is 6. The fourth-order valence-electron chi connectivity index (χ4n) is 4.03. The second kappa shape index (κ2) is 8.63. The van der Waals surface area contributed by atoms with Crippen molar-refractivity contribution >= 4 is 29.5 Å². The van der Waals surface area contributed by atoms with Gasteiger partial charge in [-0.15, -0.1) is 0 Å². The molecule has 3 heterocycles. The summed E-state index contributed by atoms with van der Waals surface area (Å²) in [4.78, 5) is 37.9. The molecular weight excluding hydrogens is 376 g/mol. The minimum Gasteiger partial charge on any atom is -0.322 e. The first-order valence-corrected chi connectivity index (χ1v) is 11.1. The standard InChI is InChI=1S/C20H26N4O3S/c25-18-4-3-17(19(26)23-18)24-11-14-2-1-13(9-16(14)20(24)27)10-21-6-5-15-12-28-8-7-22-15/h1-2,9,15,17,21-22H,3-8,10-12H2,(H,23,25,26). The number of thioether (sulfide) groups is 1. The summed E-state index contributed by atoms with van der Waals surface area (Å²) in [7, 11) is 0. The zero-order valence-corrected chi connectivity index (χ0v) is 16.6. The van der Waals surface area contributed by atoms with Crippen molar-refractivity contribution in [3.63, 3.8) is 0 Å². The Balaban J connectivity index is 1.32. The number of piperidine rings is 1. The van der Waals surface area contributed by atoms with Gasteiger partial charge in [0.1, 0.15) is 6.04 Å². The van der Waals surface area contributed by atoms with E-state index in [-0.39, 0.29) is 24.1 Å². The third-order valence-electron chi connectivity index (χ3n) is 5.59. The number of carbonyl (C=O) groups is 3. The van der Waals surface area contributed by atoms with E-state index in [1.54, 1.807) is 4.90 Å². The van der Waals surface area contributed by atoms with Gasteiger partial charge in [-0.2, -0.15) is 11.8 Å². The van der Waals surface area contributed by atoms with Gasteiger partial charge in [0.05, 0.1) is 0 Å². The Bertz CT molecular complexity index is 779. The van der Waals surface area contributed by atoms with Gasteiger partial charge in [-0.1, -0.05) is 12.1 Å². The Hall–Kier alpha value is -1.90. The largest absolute Gasteiger partial charge is 0.322 e. The number of fused-ring (bicyclic) bond motifs is 1. The van der Waals surface area contributed by atoms with Crippen molar-refractivity contribution in [2.45, 2.75) is 44.4 Å². The molecule has 2 atom stereocenters. The van der Waals surface area contributed by atoms with Crippen LogP contribution in [0.2, 0.25) is 0 Å². The summed E-state index contributed by atoms with van der Waals surface area (Å²) >= 11 is 2.00. The van der Waals surface area contributed by atoms with Crippen LogP contribution in [0.4, 0.5) is 0 Å². The second-order valence-electron chi connectivity index (χ2n) is 7.58. The van der Waals surface area contributed by atoms with Crippen LogP contribution in [0, 0.1) is 0 Å². The summed E-state index contributed by atoms with van der Waals surface area (Å²) in [5.41, 5.74) is 2.69. The molecule has 0 radical (unpaired) electrons. The molecule has 3 aliphatic heterocycles. The van der Waals surface area contributed by atoms with Gasteiger partial charge in [-0.25, -0.2) is 0 Å². The highest BCUT2D eigenvalue weighted by atomic mass is 32.2. The molecule has 2 unspecified atom stereocenters. The number of benzene rings is 1. The van der Waals surface area contributed by atoms with Crippen molar-refractivity contribution in [1.29, 1.82) is 0 Å². The average Bonchev–Trinajstić information content (AvgIpc) is 3.02. The highest BCUT2D eigenvalue weighted by Crippen LogP contribution is 2.28. The summed E-state index contributed by atoms with van der Waals surface area (Å²) in [5, 5.41) is 9.34. The minimum atomic E-state index is -0.556. The summed E-state index contributed by atoms with van der Waals surface area (Å²) < 4.78 is 0. The van der Waals surface area contributed by atoms with Crippen LogP contribution < -0.4 is 16.0 Å². The van der Waals surface area contributed by atoms with Gasteiger partial charge in [0.2, 0.25) is 11.8 Å². The monoisotopic (exact) mass is 402 g/mol. The first-order valence-electron chi connectivity index (χ1n) is 9.90. The lowest BCUT2D eigenvalue weighted by Gasteiger charge is -2.29. The smallest absolute Gasteiger partial charge is 0.255 e. The van der Waals surface area contributed by atoms with Crippen molar-refractivity contribution in [3.8, 4) is 0 Å². The molecule has 0 spiro atoms. The van der Waals surface area contributed by atoms with E-state index in [0.717, 1.165) is 37.2 Å². The number of nitrogens with zero attached hydrogens (tertiary/aromatic N) is 1. The molecule has 7 nitrogen and oxygen atoms in total. The maximum Gasteiger partial charge on any atom is 0.255 e. The molecule has 0 aliphatic carbocycles. The first-order chi connectivity index (χ1) is 13.6. The molecule has 1 aromatic rings. The van der Waals surface area contributed by atoms with E-state index in [1.807, 2.05) is 30.0 Å². The molecule has 0 aromatic heterocycles. The Morgan fingerprint density at radius 2 is 2.14 bits per heavy atom. The molecule has 1 aromatic carbocycles. The second-order valence-corrected chi connectivity index (χ2v) is 8.73. The SMILES string of the molecule is O=C1CCC(N2Cc3ccc(CNCCC4CSCCN4)cc3C2=O)C(=O)N1. The molecule has 3 aliphatic rings. The van der Waals surface area contributed by atoms with E-state index < -0.39 is 6.04 Å². The van der Waals surface area contributed by atoms with Crippen LogP contribution in [0.1, 0.15) is 40.7 Å². The van der Waals surface area contributed by atoms with Crippen molar-refractivity contribution in [1.82, 2.24) is 20.9 Å². The van der Waals surface area contributed by atoms with Crippen molar-refractivity contribution in [3.05, 3.63) is 34.9 Å². The molecule has 2 fully saturated rings. The van der Waals surface area contributed by atoms with E-state index in [1.165, 1.54) is 11.5 Å². The normalized spacial score (nSPS) is 25.0. The summed E-state index contributed by atoms with van der Waals surface area (Å²) in [6.45, 7) is 3.18. The highest BCUT2D eigenvalue weighted by molar-refractivity contribution is 7.99. The fraction of sp³-hybridized carbons (Fsp3) is 0.550. The topological polar surface area (TPSA) is 90.5 Å². The molecule has 3 amide bonds. The van der Waals surface area contributed by atoms with Crippen LogP contribution in [0.3, 0.4) is 0 Å². The number of nitrogens with one attached hydrogen (secondary N) is 3. The Morgan fingerprint density at radius 1 is 1.25 bits per heavy atom. The summed E-state index contributed by atoms with van der Waals surface area (Å²) in [6, 6.07) is 5.98. The van der Waals surface area contributed by atoms with Crippen LogP contribution >= 0.6 is 11.8 Å². The lowest BCUT2D eigenvalue weighted by Crippen LogP contribution is -2.52. The summed E-state index contributed by atoms with van der Waals surface area (Å²) in [6.07, 6.45) is 1.77. The lowest BCUT2D eigenvalue weighted by atomic mass is 10.0. The highest BCUT2D eigenvalue weighted by Gasteiger charge is 2.39. The quantitative estimate of drug-likeness (QED) is 0.478. The molecular formula is C20H26N4O3S. The molecule has 8 heteroatoms. The molecule has 3 N–H and O–H groups in total. The predicted octanol–water partition coefficient (Wildman–Crippen LogP) is 0.632. The van der Waals surface area contributed by atoms with E-state index in [2.05, 4.69) is 16.0 Å². The summed E-state index contributed by atoms with van der Waals surface area (Å²) in [5.74, 6) is 1.62. The van der Waals surface area contributed by atoms with Gasteiger partial charge in [0.15, 0.2) is 0 Å². The van der Waals surface area contributed by atoms with Gasteiger partial charge >= 0.3 is 0 Å². The Morgan fingerprint density at radius 3 is 2.93 bits per heavy atom. The van der Waals surface area contributed by atoms with Crippen LogP contribution in [-0.2, 0) is 22.7 Å². The molecule has 28 heavy (non-hydrogen) atoms. The third-order valence-corrected chi connectivity index (χ3v) is 6.72. The molecule has 0 saturated carbocycles. The number of rotatable bonds is 6. The zero-order chi connectivity index (χ0) is 19.5. The van der Waals surface area contributed by atoms with Gasteiger partial charge in [0, 0.05) is 49.2 Å². The maximum atomic E-state index is 12.8. The van der Waals surface area contributed by atoms with Crippen molar-refractivity contribution in [2.75, 3.05) is 24.6 Å². The van der Waals surface area contributed by atoms with E-state index >= 15 is 0 Å². The van der Waals surface area contributed by atoms with Gasteiger partial charge < -0.3 is 15.5 Å². The van der Waals surface area contributed by atoms with Crippen LogP contribution in [0.25, 0.3) is 0 Å². The number of carbonyl (C=O) groups excluding carboxylic acids is 3. The zero-order valence-electron chi connectivity index (χ0n) is 15.8. The van der Waals surface area contributed by atoms with Crippen molar-refractivity contribution in [2.24, 2.45) is 0 Å². The van der Waals surface area contributed by atoms with Gasteiger partial charge in [0.25, 0.3) is 5.91 Å². The molecule has 150 valence electrons. The minimum absolute atomic E-state index is 0.116. The molecule has 4 rings (SSSR count). The number of imide groups is 1. The van der Waals surface area contributed by atoms with Crippen LogP contribution in [0.5, 0.6) is 0 Å². The van der Waals surface area contributed by atoms with E-state index in [0.29, 0.717) is 24.6 Å². The lowest BCUT2D eigenvalue weighted by molar-refractivity contribution is -0.136. The Labute approximate surface area is 169 Å². The predicted molar refractivity (Wildman–Crippen MR) is 108 cm³/mol. The molecule has 0 bridgehead atoms. The first kappa shape index (κ1) is 19.4. The number of amides is 3. The maximum absolute atomic E-state index is 12.8. The average molecular weight is 403 g/mol. The van der Waals surface area contributed by atoms with Crippen LogP contribution in [0.15, 0.2) is 18.2 Å². The van der Waals surface area contributed by atoms with Crippen LogP contribution in [-0.4, -0.2) is 59.3 Å². The Kier molecular flexibility index (Phi) is 5.99. The third kappa shape index (κ3) is 4.24. The number of hydrogen-bond donors (Lipinski definition) is 3. The van der Waals surface area contributed by atoms with E-state index in [4.69, 9.17) is 0 Å².